The van der Waals surface area contributed by atoms with Gasteiger partial charge < -0.3 is 9.47 Å². The molecule has 0 saturated carbocycles. The molecule has 1 unspecified atom stereocenters. The molecule has 1 fully saturated rings. The summed E-state index contributed by atoms with van der Waals surface area (Å²) in [6.45, 7) is 4.85. The van der Waals surface area contributed by atoms with Gasteiger partial charge in [-0.2, -0.15) is 0 Å². The van der Waals surface area contributed by atoms with Crippen LogP contribution in [0.25, 0.3) is 0 Å². The highest BCUT2D eigenvalue weighted by Gasteiger charge is 2.33. The minimum Gasteiger partial charge on any atom is -0.433 e. The molecule has 0 radical (unpaired) electrons. The Kier molecular flexibility index (Phi) is 13.6. The van der Waals surface area contributed by atoms with Crippen LogP contribution in [0.4, 0.5) is 0 Å². The highest BCUT2D eigenvalue weighted by Crippen LogP contribution is 2.26. The quantitative estimate of drug-likeness (QED) is 0.166. The first-order valence-electron chi connectivity index (χ1n) is 11.2. The van der Waals surface area contributed by atoms with Gasteiger partial charge in [0.2, 0.25) is 5.79 Å². The molecule has 3 nitrogen and oxygen atoms in total. The number of unbranched alkanes of at least 4 members (excludes halogenated alkanes) is 11. The van der Waals surface area contributed by atoms with Crippen LogP contribution in [-0.2, 0) is 14.3 Å². The largest absolute Gasteiger partial charge is 0.433 e. The van der Waals surface area contributed by atoms with Gasteiger partial charge in [-0.3, -0.25) is 4.79 Å². The van der Waals surface area contributed by atoms with Crippen LogP contribution >= 0.6 is 0 Å². The molecule has 0 N–H and O–H groups in total. The van der Waals surface area contributed by atoms with E-state index in [0.717, 1.165) is 25.7 Å². The van der Waals surface area contributed by atoms with Crippen molar-refractivity contribution in [1.29, 1.82) is 0 Å². The van der Waals surface area contributed by atoms with E-state index < -0.39 is 5.79 Å². The maximum absolute atomic E-state index is 11.8. The Morgan fingerprint density at radius 3 is 2.08 bits per heavy atom. The second-order valence-corrected chi connectivity index (χ2v) is 7.89. The third kappa shape index (κ3) is 12.5. The number of carbonyl (C=O) groups is 1. The highest BCUT2D eigenvalue weighted by molar-refractivity contribution is 5.69. The highest BCUT2D eigenvalue weighted by atomic mass is 16.7. The Morgan fingerprint density at radius 2 is 1.50 bits per heavy atom. The van der Waals surface area contributed by atoms with Gasteiger partial charge in [0.05, 0.1) is 6.61 Å². The van der Waals surface area contributed by atoms with Crippen LogP contribution in [0.2, 0.25) is 0 Å². The van der Waals surface area contributed by atoms with Crippen molar-refractivity contribution in [2.24, 2.45) is 0 Å². The lowest BCUT2D eigenvalue weighted by atomic mass is 10.1. The van der Waals surface area contributed by atoms with Crippen molar-refractivity contribution in [1.82, 2.24) is 0 Å². The van der Waals surface area contributed by atoms with E-state index in [2.05, 4.69) is 19.1 Å². The van der Waals surface area contributed by atoms with E-state index in [1.54, 1.807) is 0 Å². The van der Waals surface area contributed by atoms with E-state index in [-0.39, 0.29) is 5.97 Å². The standard InChI is InChI=1S/C23H42O3/c1-3-4-5-6-7-8-9-10-11-12-13-14-15-16-17-19-22(24)26-23(2)20-18-21-25-23/h10-11H,3-9,12-21H2,1-2H3/b11-10-. The minimum absolute atomic E-state index is 0.105. The average Bonchev–Trinajstić information content (AvgIpc) is 3.04. The van der Waals surface area contributed by atoms with Gasteiger partial charge in [0, 0.05) is 19.8 Å². The van der Waals surface area contributed by atoms with E-state index in [4.69, 9.17) is 9.47 Å². The Morgan fingerprint density at radius 1 is 0.923 bits per heavy atom. The fraction of sp³-hybridized carbons (Fsp3) is 0.870. The Bertz CT molecular complexity index is 370. The lowest BCUT2D eigenvalue weighted by molar-refractivity contribution is -0.205. The molecule has 0 aromatic carbocycles. The first-order valence-corrected chi connectivity index (χ1v) is 11.2. The van der Waals surface area contributed by atoms with Crippen molar-refractivity contribution in [3.05, 3.63) is 12.2 Å². The molecule has 0 aromatic rings. The van der Waals surface area contributed by atoms with Crippen molar-refractivity contribution in [3.63, 3.8) is 0 Å². The van der Waals surface area contributed by atoms with Crippen molar-refractivity contribution >= 4 is 5.97 Å². The third-order valence-corrected chi connectivity index (χ3v) is 5.16. The molecule has 0 bridgehead atoms. The van der Waals surface area contributed by atoms with Crippen LogP contribution in [0.15, 0.2) is 12.2 Å². The van der Waals surface area contributed by atoms with Gasteiger partial charge in [0.25, 0.3) is 0 Å². The summed E-state index contributed by atoms with van der Waals surface area (Å²) in [4.78, 5) is 11.8. The number of hydrogen-bond acceptors (Lipinski definition) is 3. The van der Waals surface area contributed by atoms with E-state index >= 15 is 0 Å². The van der Waals surface area contributed by atoms with Crippen LogP contribution in [0, 0.1) is 0 Å². The number of carbonyl (C=O) groups excluding carboxylic acids is 1. The van der Waals surface area contributed by atoms with Crippen LogP contribution in [0.3, 0.4) is 0 Å². The van der Waals surface area contributed by atoms with E-state index in [1.807, 2.05) is 6.92 Å². The van der Waals surface area contributed by atoms with Crippen LogP contribution < -0.4 is 0 Å². The Balaban J connectivity index is 1.81. The molecule has 1 aliphatic heterocycles. The lowest BCUT2D eigenvalue weighted by Crippen LogP contribution is -2.30. The van der Waals surface area contributed by atoms with Gasteiger partial charge in [-0.25, -0.2) is 0 Å². The number of rotatable bonds is 16. The summed E-state index contributed by atoms with van der Waals surface area (Å²) in [7, 11) is 0. The molecule has 1 atom stereocenters. The topological polar surface area (TPSA) is 35.5 Å². The first kappa shape index (κ1) is 23.2. The summed E-state index contributed by atoms with van der Waals surface area (Å²) in [5, 5.41) is 0. The second kappa shape index (κ2) is 15.2. The summed E-state index contributed by atoms with van der Waals surface area (Å²) in [5.41, 5.74) is 0. The Labute approximate surface area is 161 Å². The summed E-state index contributed by atoms with van der Waals surface area (Å²) in [6, 6.07) is 0. The average molecular weight is 367 g/mol. The van der Waals surface area contributed by atoms with Crippen molar-refractivity contribution in [2.45, 2.75) is 122 Å². The smallest absolute Gasteiger partial charge is 0.308 e. The lowest BCUT2D eigenvalue weighted by Gasteiger charge is -2.23. The van der Waals surface area contributed by atoms with E-state index in [0.29, 0.717) is 13.0 Å². The van der Waals surface area contributed by atoms with Crippen LogP contribution in [-0.4, -0.2) is 18.4 Å². The molecule has 152 valence electrons. The molecule has 3 heteroatoms. The van der Waals surface area contributed by atoms with Gasteiger partial charge in [-0.1, -0.05) is 70.4 Å². The predicted octanol–water partition coefficient (Wildman–Crippen LogP) is 7.09. The number of ether oxygens (including phenoxy) is 2. The molecule has 0 aromatic heterocycles. The van der Waals surface area contributed by atoms with Crippen LogP contribution in [0.5, 0.6) is 0 Å². The third-order valence-electron chi connectivity index (χ3n) is 5.16. The molecule has 0 spiro atoms. The SMILES string of the molecule is CCCCCCCC/C=C\CCCCCCCC(=O)OC1(C)CCCO1. The van der Waals surface area contributed by atoms with Gasteiger partial charge >= 0.3 is 5.97 Å². The molecular weight excluding hydrogens is 324 g/mol. The van der Waals surface area contributed by atoms with Gasteiger partial charge in [0.1, 0.15) is 0 Å². The Hall–Kier alpha value is -0.830. The van der Waals surface area contributed by atoms with Crippen molar-refractivity contribution in [3.8, 4) is 0 Å². The van der Waals surface area contributed by atoms with Gasteiger partial charge in [0.15, 0.2) is 0 Å². The molecule has 1 rings (SSSR count). The maximum Gasteiger partial charge on any atom is 0.308 e. The number of esters is 1. The van der Waals surface area contributed by atoms with Crippen LogP contribution in [0.1, 0.15) is 117 Å². The molecular formula is C23H42O3. The normalized spacial score (nSPS) is 20.1. The van der Waals surface area contributed by atoms with Gasteiger partial charge in [-0.15, -0.1) is 0 Å². The first-order chi connectivity index (χ1) is 12.7. The van der Waals surface area contributed by atoms with Gasteiger partial charge in [-0.05, 0) is 38.5 Å². The zero-order valence-electron chi connectivity index (χ0n) is 17.4. The minimum atomic E-state index is -0.654. The zero-order chi connectivity index (χ0) is 18.9. The molecule has 26 heavy (non-hydrogen) atoms. The summed E-state index contributed by atoms with van der Waals surface area (Å²) >= 11 is 0. The van der Waals surface area contributed by atoms with E-state index in [9.17, 15) is 4.79 Å². The number of hydrogen-bond donors (Lipinski definition) is 0. The fourth-order valence-corrected chi connectivity index (χ4v) is 3.47. The van der Waals surface area contributed by atoms with E-state index in [1.165, 1.54) is 70.6 Å². The maximum atomic E-state index is 11.8. The van der Waals surface area contributed by atoms with Crippen molar-refractivity contribution < 1.29 is 14.3 Å². The summed E-state index contributed by atoms with van der Waals surface area (Å²) in [6.07, 6.45) is 23.6. The molecule has 0 aliphatic carbocycles. The number of allylic oxidation sites excluding steroid dienone is 2. The fourth-order valence-electron chi connectivity index (χ4n) is 3.47. The monoisotopic (exact) mass is 366 g/mol. The zero-order valence-corrected chi connectivity index (χ0v) is 17.4. The molecule has 1 heterocycles. The second-order valence-electron chi connectivity index (χ2n) is 7.89. The molecule has 0 amide bonds. The summed E-state index contributed by atoms with van der Waals surface area (Å²) < 4.78 is 10.9. The summed E-state index contributed by atoms with van der Waals surface area (Å²) in [5.74, 6) is -0.758. The molecule has 1 aliphatic rings. The molecule has 1 saturated heterocycles. The van der Waals surface area contributed by atoms with Crippen molar-refractivity contribution in [2.75, 3.05) is 6.61 Å². The predicted molar refractivity (Wildman–Crippen MR) is 109 cm³/mol.